The summed E-state index contributed by atoms with van der Waals surface area (Å²) in [6.45, 7) is 5.98. The highest BCUT2D eigenvalue weighted by Crippen LogP contribution is 2.50. The zero-order valence-corrected chi connectivity index (χ0v) is 16.2. The van der Waals surface area contributed by atoms with Crippen molar-refractivity contribution in [2.75, 3.05) is 13.1 Å². The van der Waals surface area contributed by atoms with Crippen molar-refractivity contribution in [1.82, 2.24) is 14.5 Å². The zero-order valence-electron chi connectivity index (χ0n) is 15.5. The number of halogens is 1. The Bertz CT molecular complexity index is 792. The van der Waals surface area contributed by atoms with Gasteiger partial charge in [-0.25, -0.2) is 4.98 Å². The minimum atomic E-state index is -0.319. The van der Waals surface area contributed by atoms with Gasteiger partial charge in [0.25, 0.3) is 0 Å². The van der Waals surface area contributed by atoms with Gasteiger partial charge in [-0.15, -0.1) is 0 Å². The maximum atomic E-state index is 13.4. The van der Waals surface area contributed by atoms with E-state index >= 15 is 0 Å². The third-order valence-corrected chi connectivity index (χ3v) is 6.14. The Labute approximate surface area is 160 Å². The van der Waals surface area contributed by atoms with Crippen molar-refractivity contribution in [2.24, 2.45) is 0 Å². The summed E-state index contributed by atoms with van der Waals surface area (Å²) in [4.78, 5) is 20.1. The Balaban J connectivity index is 1.53. The largest absolute Gasteiger partial charge is 0.341 e. The highest BCUT2D eigenvalue weighted by atomic mass is 35.5. The lowest BCUT2D eigenvalue weighted by atomic mass is 9.91. The fourth-order valence-electron chi connectivity index (χ4n) is 4.27. The van der Waals surface area contributed by atoms with Crippen LogP contribution in [0.15, 0.2) is 36.7 Å². The van der Waals surface area contributed by atoms with Gasteiger partial charge in [0.1, 0.15) is 5.82 Å². The molecule has 1 atom stereocenters. The lowest BCUT2D eigenvalue weighted by Gasteiger charge is -2.35. The Kier molecular flexibility index (Phi) is 4.55. The number of carbonyl (C=O) groups is 1. The van der Waals surface area contributed by atoms with Crippen LogP contribution >= 0.6 is 11.6 Å². The van der Waals surface area contributed by atoms with Crippen LogP contribution in [0.25, 0.3) is 0 Å². The topological polar surface area (TPSA) is 38.1 Å². The molecule has 1 aliphatic heterocycles. The molecule has 2 fully saturated rings. The van der Waals surface area contributed by atoms with Crippen molar-refractivity contribution in [2.45, 2.75) is 56.9 Å². The number of benzene rings is 1. The van der Waals surface area contributed by atoms with Crippen LogP contribution in [0.1, 0.15) is 62.9 Å². The SMILES string of the molecule is CC(C)n1ccnc1C1CCCN(C(=O)C2(c3ccc(Cl)cc3)CC2)C1. The third kappa shape index (κ3) is 3.05. The molecule has 138 valence electrons. The normalized spacial score (nSPS) is 21.8. The van der Waals surface area contributed by atoms with Gasteiger partial charge in [0, 0.05) is 42.5 Å². The predicted octanol–water partition coefficient (Wildman–Crippen LogP) is 4.56. The maximum absolute atomic E-state index is 13.4. The number of piperidine rings is 1. The summed E-state index contributed by atoms with van der Waals surface area (Å²) in [5, 5.41) is 0.718. The van der Waals surface area contributed by atoms with E-state index in [-0.39, 0.29) is 11.3 Å². The summed E-state index contributed by atoms with van der Waals surface area (Å²) in [6.07, 6.45) is 7.95. The maximum Gasteiger partial charge on any atom is 0.233 e. The van der Waals surface area contributed by atoms with Gasteiger partial charge in [-0.2, -0.15) is 0 Å². The van der Waals surface area contributed by atoms with Crippen LogP contribution in [0.5, 0.6) is 0 Å². The van der Waals surface area contributed by atoms with E-state index in [1.54, 1.807) is 0 Å². The number of amides is 1. The molecule has 26 heavy (non-hydrogen) atoms. The number of likely N-dealkylation sites (tertiary alicyclic amines) is 1. The molecule has 1 unspecified atom stereocenters. The van der Waals surface area contributed by atoms with Gasteiger partial charge in [0.2, 0.25) is 5.91 Å². The van der Waals surface area contributed by atoms with E-state index < -0.39 is 0 Å². The van der Waals surface area contributed by atoms with Gasteiger partial charge >= 0.3 is 0 Å². The number of rotatable bonds is 4. The molecule has 0 N–H and O–H groups in total. The van der Waals surface area contributed by atoms with E-state index in [4.69, 9.17) is 11.6 Å². The summed E-state index contributed by atoms with van der Waals surface area (Å²) >= 11 is 6.02. The van der Waals surface area contributed by atoms with E-state index in [1.807, 2.05) is 30.5 Å². The molecule has 4 rings (SSSR count). The molecular formula is C21H26ClN3O. The van der Waals surface area contributed by atoms with Crippen LogP contribution in [0.4, 0.5) is 0 Å². The van der Waals surface area contributed by atoms with Crippen LogP contribution in [-0.4, -0.2) is 33.4 Å². The van der Waals surface area contributed by atoms with Crippen LogP contribution < -0.4 is 0 Å². The fourth-order valence-corrected chi connectivity index (χ4v) is 4.40. The molecule has 5 heteroatoms. The molecule has 2 heterocycles. The monoisotopic (exact) mass is 371 g/mol. The van der Waals surface area contributed by atoms with E-state index in [0.717, 1.165) is 55.2 Å². The van der Waals surface area contributed by atoms with Crippen molar-refractivity contribution >= 4 is 17.5 Å². The minimum Gasteiger partial charge on any atom is -0.341 e. The van der Waals surface area contributed by atoms with Gasteiger partial charge in [-0.3, -0.25) is 4.79 Å². The number of hydrogen-bond donors (Lipinski definition) is 0. The molecule has 1 amide bonds. The molecule has 1 saturated heterocycles. The summed E-state index contributed by atoms with van der Waals surface area (Å²) < 4.78 is 2.24. The molecule has 0 spiro atoms. The highest BCUT2D eigenvalue weighted by Gasteiger charge is 2.53. The number of nitrogens with zero attached hydrogens (tertiary/aromatic N) is 3. The average Bonchev–Trinajstić information content (AvgIpc) is 3.30. The lowest BCUT2D eigenvalue weighted by Crippen LogP contribution is -2.45. The molecule has 1 aromatic carbocycles. The van der Waals surface area contributed by atoms with Crippen molar-refractivity contribution in [3.63, 3.8) is 0 Å². The Hall–Kier alpha value is -1.81. The van der Waals surface area contributed by atoms with E-state index in [9.17, 15) is 4.79 Å². The molecule has 2 aliphatic rings. The molecule has 1 aliphatic carbocycles. The van der Waals surface area contributed by atoms with Crippen LogP contribution in [0, 0.1) is 0 Å². The van der Waals surface area contributed by atoms with Crippen molar-refractivity contribution in [3.05, 3.63) is 53.1 Å². The first-order valence-electron chi connectivity index (χ1n) is 9.59. The number of imidazole rings is 1. The first-order chi connectivity index (χ1) is 12.5. The fraction of sp³-hybridized carbons (Fsp3) is 0.524. The zero-order chi connectivity index (χ0) is 18.3. The molecule has 0 bridgehead atoms. The molecule has 1 saturated carbocycles. The van der Waals surface area contributed by atoms with E-state index in [2.05, 4.69) is 34.5 Å². The molecule has 2 aromatic rings. The average molecular weight is 372 g/mol. The lowest BCUT2D eigenvalue weighted by molar-refractivity contribution is -0.135. The van der Waals surface area contributed by atoms with Crippen molar-refractivity contribution in [1.29, 1.82) is 0 Å². The van der Waals surface area contributed by atoms with Gasteiger partial charge < -0.3 is 9.47 Å². The first kappa shape index (κ1) is 17.6. The Morgan fingerprint density at radius 3 is 2.65 bits per heavy atom. The van der Waals surface area contributed by atoms with E-state index in [1.165, 1.54) is 0 Å². The van der Waals surface area contributed by atoms with E-state index in [0.29, 0.717) is 12.0 Å². The summed E-state index contributed by atoms with van der Waals surface area (Å²) in [5.41, 5.74) is 0.789. The first-order valence-corrected chi connectivity index (χ1v) is 9.97. The van der Waals surface area contributed by atoms with Gasteiger partial charge in [0.15, 0.2) is 0 Å². The number of aromatic nitrogens is 2. The minimum absolute atomic E-state index is 0.284. The van der Waals surface area contributed by atoms with Crippen LogP contribution in [0.3, 0.4) is 0 Å². The quantitative estimate of drug-likeness (QED) is 0.790. The second-order valence-electron chi connectivity index (χ2n) is 7.97. The predicted molar refractivity (Wildman–Crippen MR) is 104 cm³/mol. The molecule has 0 radical (unpaired) electrons. The summed E-state index contributed by atoms with van der Waals surface area (Å²) in [6, 6.07) is 8.20. The second-order valence-corrected chi connectivity index (χ2v) is 8.40. The van der Waals surface area contributed by atoms with Gasteiger partial charge in [-0.05, 0) is 57.2 Å². The van der Waals surface area contributed by atoms with Crippen molar-refractivity contribution < 1.29 is 4.79 Å². The van der Waals surface area contributed by atoms with Gasteiger partial charge in [0.05, 0.1) is 5.41 Å². The standard InChI is InChI=1S/C21H26ClN3O/c1-15(2)25-13-11-23-19(25)16-4-3-12-24(14-16)20(26)21(9-10-21)17-5-7-18(22)8-6-17/h5-8,11,13,15-16H,3-4,9-10,12,14H2,1-2H3. The molecular weight excluding hydrogens is 346 g/mol. The van der Waals surface area contributed by atoms with Crippen LogP contribution in [-0.2, 0) is 10.2 Å². The van der Waals surface area contributed by atoms with Crippen molar-refractivity contribution in [3.8, 4) is 0 Å². The van der Waals surface area contributed by atoms with Gasteiger partial charge in [-0.1, -0.05) is 23.7 Å². The summed E-state index contributed by atoms with van der Waals surface area (Å²) in [5.74, 6) is 1.73. The Morgan fingerprint density at radius 2 is 2.00 bits per heavy atom. The second kappa shape index (κ2) is 6.73. The number of hydrogen-bond acceptors (Lipinski definition) is 2. The Morgan fingerprint density at radius 1 is 1.27 bits per heavy atom. The molecule has 1 aromatic heterocycles. The van der Waals surface area contributed by atoms with Crippen LogP contribution in [0.2, 0.25) is 5.02 Å². The number of carbonyl (C=O) groups excluding carboxylic acids is 1. The summed E-state index contributed by atoms with van der Waals surface area (Å²) in [7, 11) is 0. The third-order valence-electron chi connectivity index (χ3n) is 5.88. The molecule has 4 nitrogen and oxygen atoms in total. The smallest absolute Gasteiger partial charge is 0.233 e. The highest BCUT2D eigenvalue weighted by molar-refractivity contribution is 6.30.